The van der Waals surface area contributed by atoms with Gasteiger partial charge in [-0.2, -0.15) is 0 Å². The Labute approximate surface area is 89.4 Å². The summed E-state index contributed by atoms with van der Waals surface area (Å²) < 4.78 is 10.9. The molecule has 0 radical (unpaired) electrons. The second-order valence-electron chi connectivity index (χ2n) is 3.69. The third-order valence-corrected chi connectivity index (χ3v) is 4.15. The highest BCUT2D eigenvalue weighted by molar-refractivity contribution is 7.53. The van der Waals surface area contributed by atoms with Crippen molar-refractivity contribution in [3.05, 3.63) is 0 Å². The van der Waals surface area contributed by atoms with Gasteiger partial charge in [0.25, 0.3) is 0 Å². The molecule has 1 aliphatic carbocycles. The summed E-state index contributed by atoms with van der Waals surface area (Å²) in [5.74, 6) is 0. The summed E-state index contributed by atoms with van der Waals surface area (Å²) >= 11 is 0. The third kappa shape index (κ3) is 1.70. The number of aliphatic hydroxyl groups is 6. The molecule has 0 aromatic carbocycles. The van der Waals surface area contributed by atoms with Crippen molar-refractivity contribution < 1.29 is 45.0 Å². The maximum absolute atomic E-state index is 10.9. The summed E-state index contributed by atoms with van der Waals surface area (Å²) in [6.07, 6.45) is -11.4. The number of hydrogen-bond donors (Lipinski definition) is 8. The van der Waals surface area contributed by atoms with Crippen LogP contribution in [0.3, 0.4) is 0 Å². The van der Waals surface area contributed by atoms with E-state index in [9.17, 15) is 19.9 Å². The lowest BCUT2D eigenvalue weighted by molar-refractivity contribution is -0.243. The molecule has 0 bridgehead atoms. The van der Waals surface area contributed by atoms with Crippen LogP contribution in [0, 0.1) is 0 Å². The van der Waals surface area contributed by atoms with Gasteiger partial charge in [0.15, 0.2) is 0 Å². The van der Waals surface area contributed by atoms with Gasteiger partial charge in [0.1, 0.15) is 30.5 Å². The standard InChI is InChI=1S/C6H13O9P/c7-1-2(8)4(10)6(12,16(13,14)15)5(11)3(1)9/h1-5,7-12H,(H2,13,14,15)/t1-,2-,3-,4+,5-,6+/m0/s1. The van der Waals surface area contributed by atoms with Gasteiger partial charge >= 0.3 is 7.60 Å². The molecule has 10 heteroatoms. The van der Waals surface area contributed by atoms with Crippen molar-refractivity contribution in [2.75, 3.05) is 0 Å². The summed E-state index contributed by atoms with van der Waals surface area (Å²) in [6, 6.07) is 0. The molecule has 8 N–H and O–H groups in total. The third-order valence-electron chi connectivity index (χ3n) is 2.68. The maximum atomic E-state index is 10.9. The summed E-state index contributed by atoms with van der Waals surface area (Å²) in [5.41, 5.74) is 0. The van der Waals surface area contributed by atoms with Gasteiger partial charge in [0, 0.05) is 0 Å². The summed E-state index contributed by atoms with van der Waals surface area (Å²) in [4.78, 5) is 17.6. The SMILES string of the molecule is O=P(O)(O)[C@]1(O)[C@H](O)[C@@H](O)[C@H](O)[C@H](O)[C@@H]1O. The molecular formula is C6H13O9P. The van der Waals surface area contributed by atoms with E-state index in [2.05, 4.69) is 0 Å². The fraction of sp³-hybridized carbons (Fsp3) is 1.00. The van der Waals surface area contributed by atoms with Gasteiger partial charge in [-0.3, -0.25) is 4.57 Å². The van der Waals surface area contributed by atoms with Crippen LogP contribution in [0.2, 0.25) is 0 Å². The Morgan fingerprint density at radius 1 is 0.812 bits per heavy atom. The van der Waals surface area contributed by atoms with E-state index in [1.54, 1.807) is 0 Å². The van der Waals surface area contributed by atoms with E-state index in [1.807, 2.05) is 0 Å². The monoisotopic (exact) mass is 260 g/mol. The molecule has 0 aliphatic heterocycles. The highest BCUT2D eigenvalue weighted by atomic mass is 31.2. The first kappa shape index (κ1) is 14.0. The highest BCUT2D eigenvalue weighted by Crippen LogP contribution is 2.55. The van der Waals surface area contributed by atoms with Crippen LogP contribution in [0.4, 0.5) is 0 Å². The highest BCUT2D eigenvalue weighted by Gasteiger charge is 2.66. The van der Waals surface area contributed by atoms with Crippen molar-refractivity contribution in [2.24, 2.45) is 0 Å². The molecule has 0 unspecified atom stereocenters. The Hall–Kier alpha value is -0.0900. The topological polar surface area (TPSA) is 179 Å². The molecule has 0 heterocycles. The van der Waals surface area contributed by atoms with Crippen LogP contribution in [-0.2, 0) is 4.57 Å². The summed E-state index contributed by atoms with van der Waals surface area (Å²) in [7, 11) is -5.44. The van der Waals surface area contributed by atoms with E-state index in [-0.39, 0.29) is 0 Å². The molecule has 0 aromatic rings. The second-order valence-corrected chi connectivity index (χ2v) is 5.49. The quantitative estimate of drug-likeness (QED) is 0.216. The molecule has 9 nitrogen and oxygen atoms in total. The number of hydrogen-bond acceptors (Lipinski definition) is 7. The molecule has 1 aliphatic rings. The van der Waals surface area contributed by atoms with Crippen molar-refractivity contribution in [2.45, 2.75) is 35.9 Å². The minimum absolute atomic E-state index is 2.03. The maximum Gasteiger partial charge on any atom is 0.362 e. The van der Waals surface area contributed by atoms with Gasteiger partial charge in [-0.05, 0) is 0 Å². The van der Waals surface area contributed by atoms with Gasteiger partial charge in [-0.25, -0.2) is 0 Å². The molecule has 1 saturated carbocycles. The normalized spacial score (nSPS) is 50.4. The smallest absolute Gasteiger partial charge is 0.362 e. The lowest BCUT2D eigenvalue weighted by Gasteiger charge is -2.47. The lowest BCUT2D eigenvalue weighted by Crippen LogP contribution is -2.70. The van der Waals surface area contributed by atoms with Crippen LogP contribution in [0.15, 0.2) is 0 Å². The molecule has 16 heavy (non-hydrogen) atoms. The van der Waals surface area contributed by atoms with E-state index in [1.165, 1.54) is 0 Å². The van der Waals surface area contributed by atoms with Gasteiger partial charge in [0.05, 0.1) is 0 Å². The molecule has 96 valence electrons. The Morgan fingerprint density at radius 2 is 1.12 bits per heavy atom. The predicted octanol–water partition coefficient (Wildman–Crippen LogP) is -4.33. The zero-order valence-electron chi connectivity index (χ0n) is 7.82. The Kier molecular flexibility index (Phi) is 3.48. The van der Waals surface area contributed by atoms with Crippen molar-refractivity contribution in [1.29, 1.82) is 0 Å². The van der Waals surface area contributed by atoms with Crippen LogP contribution in [0.5, 0.6) is 0 Å². The predicted molar refractivity (Wildman–Crippen MR) is 47.0 cm³/mol. The molecule has 1 fully saturated rings. The van der Waals surface area contributed by atoms with E-state index in [4.69, 9.17) is 25.1 Å². The van der Waals surface area contributed by atoms with Crippen LogP contribution in [-0.4, -0.2) is 76.3 Å². The van der Waals surface area contributed by atoms with Crippen LogP contribution < -0.4 is 0 Å². The number of rotatable bonds is 1. The Bertz CT molecular complexity index is 297. The summed E-state index contributed by atoms with van der Waals surface area (Å²) in [5, 5.41) is 52.0. The first-order chi connectivity index (χ1) is 7.05. The molecule has 6 atom stereocenters. The fourth-order valence-corrected chi connectivity index (χ4v) is 2.59. The van der Waals surface area contributed by atoms with Crippen molar-refractivity contribution in [1.82, 2.24) is 0 Å². The minimum Gasteiger partial charge on any atom is -0.387 e. The first-order valence-electron chi connectivity index (χ1n) is 4.23. The molecule has 1 rings (SSSR count). The van der Waals surface area contributed by atoms with Crippen LogP contribution in [0.25, 0.3) is 0 Å². The molecule has 0 aromatic heterocycles. The average molecular weight is 260 g/mol. The molecule has 0 spiro atoms. The van der Waals surface area contributed by atoms with Crippen LogP contribution >= 0.6 is 7.60 Å². The average Bonchev–Trinajstić information content (AvgIpc) is 2.19. The van der Waals surface area contributed by atoms with E-state index >= 15 is 0 Å². The zero-order chi connectivity index (χ0) is 12.9. The zero-order valence-corrected chi connectivity index (χ0v) is 8.71. The lowest BCUT2D eigenvalue weighted by atomic mass is 9.84. The Morgan fingerprint density at radius 3 is 1.38 bits per heavy atom. The van der Waals surface area contributed by atoms with E-state index in [0.717, 1.165) is 0 Å². The van der Waals surface area contributed by atoms with Gasteiger partial charge < -0.3 is 40.4 Å². The molecular weight excluding hydrogens is 247 g/mol. The molecule has 0 saturated heterocycles. The van der Waals surface area contributed by atoms with E-state index in [0.29, 0.717) is 0 Å². The van der Waals surface area contributed by atoms with Gasteiger partial charge in [0.2, 0.25) is 5.34 Å². The fourth-order valence-electron chi connectivity index (χ4n) is 1.60. The second kappa shape index (κ2) is 3.98. The van der Waals surface area contributed by atoms with Gasteiger partial charge in [-0.15, -0.1) is 0 Å². The largest absolute Gasteiger partial charge is 0.387 e. The van der Waals surface area contributed by atoms with Crippen molar-refractivity contribution >= 4 is 7.60 Å². The first-order valence-corrected chi connectivity index (χ1v) is 5.84. The Balaban J connectivity index is 3.24. The molecule has 0 amide bonds. The summed E-state index contributed by atoms with van der Waals surface area (Å²) in [6.45, 7) is 0. The van der Waals surface area contributed by atoms with E-state index < -0.39 is 43.5 Å². The van der Waals surface area contributed by atoms with Crippen LogP contribution in [0.1, 0.15) is 0 Å². The van der Waals surface area contributed by atoms with Gasteiger partial charge in [-0.1, -0.05) is 0 Å². The van der Waals surface area contributed by atoms with Crippen molar-refractivity contribution in [3.63, 3.8) is 0 Å². The van der Waals surface area contributed by atoms with Crippen molar-refractivity contribution in [3.8, 4) is 0 Å². The number of aliphatic hydroxyl groups excluding tert-OH is 5. The minimum atomic E-state index is -5.44.